The molecular weight excluding hydrogens is 280 g/mol. The minimum Gasteiger partial charge on any atom is -0.371 e. The molecule has 0 spiro atoms. The van der Waals surface area contributed by atoms with Crippen molar-refractivity contribution < 1.29 is 0 Å². The third-order valence-electron chi connectivity index (χ3n) is 4.68. The largest absolute Gasteiger partial charge is 0.371 e. The molecule has 1 unspecified atom stereocenters. The molecular formula is C18H27ClN2. The average Bonchev–Trinajstić information content (AvgIpc) is 3.33. The Bertz CT molecular complexity index is 466. The molecule has 2 fully saturated rings. The SMILES string of the molecule is CCNC(C)c1ccc(N(CC2CC2)CC2CC2)cc1Cl. The Morgan fingerprint density at radius 1 is 1.19 bits per heavy atom. The standard InChI is InChI=1S/C18H27ClN2/c1-3-20-13(2)17-9-8-16(10-18(17)19)21(11-14-4-5-14)12-15-6-7-15/h8-10,13-15,20H,3-7,11-12H2,1-2H3. The predicted octanol–water partition coefficient (Wildman–Crippen LogP) is 4.64. The molecule has 0 heterocycles. The number of anilines is 1. The quantitative estimate of drug-likeness (QED) is 0.753. The summed E-state index contributed by atoms with van der Waals surface area (Å²) in [5.41, 5.74) is 2.52. The molecule has 0 radical (unpaired) electrons. The number of benzene rings is 1. The smallest absolute Gasteiger partial charge is 0.0474 e. The van der Waals surface area contributed by atoms with E-state index in [1.165, 1.54) is 50.0 Å². The molecule has 1 aromatic carbocycles. The van der Waals surface area contributed by atoms with Crippen LogP contribution in [0, 0.1) is 11.8 Å². The second-order valence-electron chi connectivity index (χ2n) is 6.78. The van der Waals surface area contributed by atoms with Crippen molar-refractivity contribution in [3.05, 3.63) is 28.8 Å². The van der Waals surface area contributed by atoms with E-state index in [0.717, 1.165) is 23.4 Å². The van der Waals surface area contributed by atoms with Gasteiger partial charge in [-0.1, -0.05) is 24.6 Å². The molecule has 3 rings (SSSR count). The number of rotatable bonds is 8. The van der Waals surface area contributed by atoms with E-state index in [2.05, 4.69) is 42.3 Å². The summed E-state index contributed by atoms with van der Waals surface area (Å²) in [6.45, 7) is 7.71. The Morgan fingerprint density at radius 2 is 1.81 bits per heavy atom. The molecule has 1 atom stereocenters. The third-order valence-corrected chi connectivity index (χ3v) is 5.00. The molecule has 3 heteroatoms. The van der Waals surface area contributed by atoms with Crippen LogP contribution in [-0.2, 0) is 0 Å². The molecule has 2 aliphatic rings. The van der Waals surface area contributed by atoms with E-state index >= 15 is 0 Å². The van der Waals surface area contributed by atoms with Gasteiger partial charge in [0.25, 0.3) is 0 Å². The molecule has 2 aliphatic carbocycles. The Labute approximate surface area is 133 Å². The summed E-state index contributed by atoms with van der Waals surface area (Å²) < 4.78 is 0. The summed E-state index contributed by atoms with van der Waals surface area (Å²) in [6, 6.07) is 6.96. The van der Waals surface area contributed by atoms with Crippen LogP contribution in [0.5, 0.6) is 0 Å². The van der Waals surface area contributed by atoms with Crippen molar-refractivity contribution in [1.29, 1.82) is 0 Å². The Kier molecular flexibility index (Phi) is 4.75. The predicted molar refractivity (Wildman–Crippen MR) is 91.2 cm³/mol. The van der Waals surface area contributed by atoms with Crippen LogP contribution >= 0.6 is 11.6 Å². The zero-order valence-electron chi connectivity index (χ0n) is 13.2. The van der Waals surface area contributed by atoms with E-state index in [-0.39, 0.29) is 0 Å². The summed E-state index contributed by atoms with van der Waals surface area (Å²) >= 11 is 6.54. The maximum absolute atomic E-state index is 6.54. The topological polar surface area (TPSA) is 15.3 Å². The van der Waals surface area contributed by atoms with Crippen LogP contribution in [0.15, 0.2) is 18.2 Å². The first kappa shape index (κ1) is 15.2. The van der Waals surface area contributed by atoms with Crippen molar-refractivity contribution in [3.63, 3.8) is 0 Å². The Balaban J connectivity index is 1.73. The number of halogens is 1. The van der Waals surface area contributed by atoms with E-state index in [1.807, 2.05) is 0 Å². The number of nitrogens with zero attached hydrogens (tertiary/aromatic N) is 1. The minimum absolute atomic E-state index is 0.317. The fourth-order valence-corrected chi connectivity index (χ4v) is 3.33. The molecule has 116 valence electrons. The summed E-state index contributed by atoms with van der Waals surface area (Å²) in [4.78, 5) is 2.57. The lowest BCUT2D eigenvalue weighted by molar-refractivity contribution is 0.598. The number of nitrogens with one attached hydrogen (secondary N) is 1. The Morgan fingerprint density at radius 3 is 2.29 bits per heavy atom. The molecule has 0 aliphatic heterocycles. The number of hydrogen-bond acceptors (Lipinski definition) is 2. The molecule has 21 heavy (non-hydrogen) atoms. The fraction of sp³-hybridized carbons (Fsp3) is 0.667. The highest BCUT2D eigenvalue weighted by Crippen LogP contribution is 2.37. The van der Waals surface area contributed by atoms with Crippen LogP contribution in [0.2, 0.25) is 5.02 Å². The van der Waals surface area contributed by atoms with Crippen LogP contribution in [0.25, 0.3) is 0 Å². The zero-order chi connectivity index (χ0) is 14.8. The van der Waals surface area contributed by atoms with Crippen molar-refractivity contribution in [2.45, 2.75) is 45.6 Å². The first-order chi connectivity index (χ1) is 10.2. The van der Waals surface area contributed by atoms with E-state index in [4.69, 9.17) is 11.6 Å². The van der Waals surface area contributed by atoms with Gasteiger partial charge in [-0.15, -0.1) is 0 Å². The van der Waals surface area contributed by atoms with Gasteiger partial charge < -0.3 is 10.2 Å². The zero-order valence-corrected chi connectivity index (χ0v) is 14.0. The molecule has 2 saturated carbocycles. The Hall–Kier alpha value is -0.730. The van der Waals surface area contributed by atoms with E-state index in [1.54, 1.807) is 0 Å². The third kappa shape index (κ3) is 4.14. The maximum Gasteiger partial charge on any atom is 0.0474 e. The summed E-state index contributed by atoms with van der Waals surface area (Å²) in [5, 5.41) is 4.34. The first-order valence-electron chi connectivity index (χ1n) is 8.45. The summed E-state index contributed by atoms with van der Waals surface area (Å²) in [6.07, 6.45) is 5.63. The maximum atomic E-state index is 6.54. The molecule has 0 saturated heterocycles. The van der Waals surface area contributed by atoms with E-state index in [0.29, 0.717) is 6.04 Å². The van der Waals surface area contributed by atoms with Crippen LogP contribution in [-0.4, -0.2) is 19.6 Å². The molecule has 2 nitrogen and oxygen atoms in total. The van der Waals surface area contributed by atoms with Gasteiger partial charge in [0.2, 0.25) is 0 Å². The molecule has 0 bridgehead atoms. The van der Waals surface area contributed by atoms with Gasteiger partial charge in [0.15, 0.2) is 0 Å². The van der Waals surface area contributed by atoms with Crippen LogP contribution in [0.3, 0.4) is 0 Å². The minimum atomic E-state index is 0.317. The van der Waals surface area contributed by atoms with Gasteiger partial charge in [-0.3, -0.25) is 0 Å². The van der Waals surface area contributed by atoms with Crippen molar-refractivity contribution in [2.24, 2.45) is 11.8 Å². The summed E-state index contributed by atoms with van der Waals surface area (Å²) in [5.74, 6) is 1.84. The molecule has 1 aromatic rings. The molecule has 0 aromatic heterocycles. The van der Waals surface area contributed by atoms with Gasteiger partial charge in [-0.05, 0) is 68.7 Å². The van der Waals surface area contributed by atoms with Gasteiger partial charge in [0.05, 0.1) is 0 Å². The van der Waals surface area contributed by atoms with E-state index < -0.39 is 0 Å². The second-order valence-corrected chi connectivity index (χ2v) is 7.18. The van der Waals surface area contributed by atoms with Gasteiger partial charge in [0, 0.05) is 29.8 Å². The second kappa shape index (κ2) is 6.58. The van der Waals surface area contributed by atoms with Gasteiger partial charge in [0.1, 0.15) is 0 Å². The van der Waals surface area contributed by atoms with Gasteiger partial charge >= 0.3 is 0 Å². The highest BCUT2D eigenvalue weighted by molar-refractivity contribution is 6.31. The van der Waals surface area contributed by atoms with Crippen molar-refractivity contribution in [3.8, 4) is 0 Å². The van der Waals surface area contributed by atoms with Crippen molar-refractivity contribution in [1.82, 2.24) is 5.32 Å². The van der Waals surface area contributed by atoms with Crippen LogP contribution in [0.4, 0.5) is 5.69 Å². The van der Waals surface area contributed by atoms with E-state index in [9.17, 15) is 0 Å². The summed E-state index contributed by atoms with van der Waals surface area (Å²) in [7, 11) is 0. The first-order valence-corrected chi connectivity index (χ1v) is 8.83. The fourth-order valence-electron chi connectivity index (χ4n) is 2.99. The normalized spacial score (nSPS) is 19.6. The lowest BCUT2D eigenvalue weighted by Crippen LogP contribution is -2.28. The van der Waals surface area contributed by atoms with Crippen molar-refractivity contribution in [2.75, 3.05) is 24.5 Å². The molecule has 1 N–H and O–H groups in total. The van der Waals surface area contributed by atoms with Crippen molar-refractivity contribution >= 4 is 17.3 Å². The monoisotopic (exact) mass is 306 g/mol. The highest BCUT2D eigenvalue weighted by atomic mass is 35.5. The lowest BCUT2D eigenvalue weighted by atomic mass is 10.1. The average molecular weight is 307 g/mol. The highest BCUT2D eigenvalue weighted by Gasteiger charge is 2.29. The van der Waals surface area contributed by atoms with Crippen LogP contribution in [0.1, 0.15) is 51.1 Å². The van der Waals surface area contributed by atoms with Crippen LogP contribution < -0.4 is 10.2 Å². The lowest BCUT2D eigenvalue weighted by Gasteiger charge is -2.26. The molecule has 0 amide bonds. The number of hydrogen-bond donors (Lipinski definition) is 1. The van der Waals surface area contributed by atoms with Gasteiger partial charge in [-0.25, -0.2) is 0 Å². The van der Waals surface area contributed by atoms with Gasteiger partial charge in [-0.2, -0.15) is 0 Å².